The largest absolute Gasteiger partial charge is 0.337 e. The molecule has 1 fully saturated rings. The minimum Gasteiger partial charge on any atom is -0.337 e. The lowest BCUT2D eigenvalue weighted by atomic mass is 9.98. The number of nitrogens with zero attached hydrogens (tertiary/aromatic N) is 3. The highest BCUT2D eigenvalue weighted by molar-refractivity contribution is 5.81. The fourth-order valence-corrected chi connectivity index (χ4v) is 2.19. The van der Waals surface area contributed by atoms with Crippen LogP contribution in [-0.4, -0.2) is 39.9 Å². The molecule has 4 nitrogen and oxygen atoms in total. The second-order valence-electron chi connectivity index (χ2n) is 4.57. The maximum absolute atomic E-state index is 11.4. The Morgan fingerprint density at radius 3 is 3.06 bits per heavy atom. The summed E-state index contributed by atoms with van der Waals surface area (Å²) >= 11 is 0. The van der Waals surface area contributed by atoms with Crippen molar-refractivity contribution in [3.8, 4) is 0 Å². The zero-order valence-electron chi connectivity index (χ0n) is 9.80. The lowest BCUT2D eigenvalue weighted by Crippen LogP contribution is -2.40. The van der Waals surface area contributed by atoms with E-state index in [1.54, 1.807) is 0 Å². The topological polar surface area (TPSA) is 38.1 Å². The first-order chi connectivity index (χ1) is 7.75. The number of Topliss-reactive ketones (excluding diaryl/α,β-unsaturated/α-hetero) is 1. The van der Waals surface area contributed by atoms with Crippen molar-refractivity contribution in [2.45, 2.75) is 26.3 Å². The first kappa shape index (κ1) is 11.3. The minimum absolute atomic E-state index is 0.224. The molecule has 0 radical (unpaired) electrons. The van der Waals surface area contributed by atoms with Crippen LogP contribution in [0.2, 0.25) is 0 Å². The van der Waals surface area contributed by atoms with E-state index in [0.29, 0.717) is 5.78 Å². The molecule has 1 aromatic rings. The maximum atomic E-state index is 11.4. The Hall–Kier alpha value is -1.16. The molecule has 16 heavy (non-hydrogen) atoms. The third-order valence-corrected chi connectivity index (χ3v) is 3.21. The Morgan fingerprint density at radius 1 is 1.50 bits per heavy atom. The zero-order chi connectivity index (χ0) is 11.4. The summed E-state index contributed by atoms with van der Waals surface area (Å²) in [6.45, 7) is 5.99. The van der Waals surface area contributed by atoms with E-state index >= 15 is 0 Å². The molecule has 0 saturated carbocycles. The lowest BCUT2D eigenvalue weighted by Gasteiger charge is -2.29. The van der Waals surface area contributed by atoms with Crippen LogP contribution in [0.25, 0.3) is 0 Å². The Morgan fingerprint density at radius 2 is 2.38 bits per heavy atom. The molecule has 1 aliphatic rings. The van der Waals surface area contributed by atoms with Crippen LogP contribution in [0.3, 0.4) is 0 Å². The molecule has 2 heterocycles. The molecule has 0 amide bonds. The smallest absolute Gasteiger partial charge is 0.138 e. The number of hydrogen-bond acceptors (Lipinski definition) is 3. The number of rotatable bonds is 4. The van der Waals surface area contributed by atoms with E-state index in [1.165, 1.54) is 0 Å². The van der Waals surface area contributed by atoms with Crippen LogP contribution in [0, 0.1) is 5.92 Å². The molecule has 4 heteroatoms. The number of piperidine rings is 1. The summed E-state index contributed by atoms with van der Waals surface area (Å²) in [6.07, 6.45) is 7.50. The summed E-state index contributed by atoms with van der Waals surface area (Å²) in [6, 6.07) is 0. The summed E-state index contributed by atoms with van der Waals surface area (Å²) in [5, 5.41) is 0. The molecule has 1 aromatic heterocycles. The Kier molecular flexibility index (Phi) is 3.72. The standard InChI is InChI=1S/C12H19N3O/c1-11-9-14(7-3-12(11)16)5-2-6-15-8-4-13-10-15/h4,8,10-11H,2-3,5-7,9H2,1H3. The molecule has 1 unspecified atom stereocenters. The molecule has 88 valence electrons. The number of aryl methyl sites for hydroxylation is 1. The van der Waals surface area contributed by atoms with Crippen molar-refractivity contribution in [3.05, 3.63) is 18.7 Å². The molecular formula is C12H19N3O. The summed E-state index contributed by atoms with van der Waals surface area (Å²) in [7, 11) is 0. The van der Waals surface area contributed by atoms with Gasteiger partial charge in [0.25, 0.3) is 0 Å². The van der Waals surface area contributed by atoms with Crippen molar-refractivity contribution < 1.29 is 4.79 Å². The van der Waals surface area contributed by atoms with E-state index in [1.807, 2.05) is 25.6 Å². The van der Waals surface area contributed by atoms with Gasteiger partial charge in [-0.05, 0) is 13.0 Å². The van der Waals surface area contributed by atoms with Gasteiger partial charge in [0, 0.05) is 44.4 Å². The van der Waals surface area contributed by atoms with Gasteiger partial charge in [0.05, 0.1) is 6.33 Å². The Bertz CT molecular complexity index is 334. The minimum atomic E-state index is 0.224. The predicted molar refractivity (Wildman–Crippen MR) is 62.1 cm³/mol. The van der Waals surface area contributed by atoms with E-state index < -0.39 is 0 Å². The van der Waals surface area contributed by atoms with Crippen LogP contribution in [0.1, 0.15) is 19.8 Å². The van der Waals surface area contributed by atoms with Gasteiger partial charge < -0.3 is 9.47 Å². The normalized spacial score (nSPS) is 22.6. The highest BCUT2D eigenvalue weighted by atomic mass is 16.1. The third kappa shape index (κ3) is 2.92. The summed E-state index contributed by atoms with van der Waals surface area (Å²) in [4.78, 5) is 17.8. The van der Waals surface area contributed by atoms with Gasteiger partial charge in [-0.1, -0.05) is 6.92 Å². The van der Waals surface area contributed by atoms with Crippen molar-refractivity contribution in [1.82, 2.24) is 14.5 Å². The van der Waals surface area contributed by atoms with Crippen molar-refractivity contribution in [3.63, 3.8) is 0 Å². The summed E-state index contributed by atoms with van der Waals surface area (Å²) in [5.41, 5.74) is 0. The van der Waals surface area contributed by atoms with Crippen LogP contribution in [0.5, 0.6) is 0 Å². The van der Waals surface area contributed by atoms with E-state index in [9.17, 15) is 4.79 Å². The lowest BCUT2D eigenvalue weighted by molar-refractivity contribution is -0.125. The van der Waals surface area contributed by atoms with E-state index in [4.69, 9.17) is 0 Å². The average Bonchev–Trinajstić information content (AvgIpc) is 2.76. The van der Waals surface area contributed by atoms with Crippen molar-refractivity contribution in [2.24, 2.45) is 5.92 Å². The fraction of sp³-hybridized carbons (Fsp3) is 0.667. The quantitative estimate of drug-likeness (QED) is 0.766. The number of ketones is 1. The van der Waals surface area contributed by atoms with Crippen LogP contribution in [-0.2, 0) is 11.3 Å². The second kappa shape index (κ2) is 5.25. The van der Waals surface area contributed by atoms with Crippen molar-refractivity contribution >= 4 is 5.78 Å². The zero-order valence-corrected chi connectivity index (χ0v) is 9.80. The van der Waals surface area contributed by atoms with Crippen LogP contribution < -0.4 is 0 Å². The monoisotopic (exact) mass is 221 g/mol. The van der Waals surface area contributed by atoms with Gasteiger partial charge in [-0.25, -0.2) is 4.98 Å². The Balaban J connectivity index is 1.69. The molecular weight excluding hydrogens is 202 g/mol. The van der Waals surface area contributed by atoms with Crippen LogP contribution in [0.4, 0.5) is 0 Å². The van der Waals surface area contributed by atoms with E-state index in [0.717, 1.165) is 39.0 Å². The first-order valence-electron chi connectivity index (χ1n) is 5.96. The summed E-state index contributed by atoms with van der Waals surface area (Å²) < 4.78 is 2.10. The number of hydrogen-bond donors (Lipinski definition) is 0. The molecule has 1 saturated heterocycles. The van der Waals surface area contributed by atoms with Crippen molar-refractivity contribution in [2.75, 3.05) is 19.6 Å². The number of imidazole rings is 1. The van der Waals surface area contributed by atoms with Crippen LogP contribution >= 0.6 is 0 Å². The molecule has 2 rings (SSSR count). The predicted octanol–water partition coefficient (Wildman–Crippen LogP) is 1.18. The molecule has 0 aliphatic carbocycles. The van der Waals surface area contributed by atoms with Gasteiger partial charge in [-0.15, -0.1) is 0 Å². The van der Waals surface area contributed by atoms with Gasteiger partial charge in [-0.2, -0.15) is 0 Å². The van der Waals surface area contributed by atoms with Gasteiger partial charge in [-0.3, -0.25) is 4.79 Å². The summed E-state index contributed by atoms with van der Waals surface area (Å²) in [5.74, 6) is 0.646. The third-order valence-electron chi connectivity index (χ3n) is 3.21. The number of likely N-dealkylation sites (tertiary alicyclic amines) is 1. The average molecular weight is 221 g/mol. The first-order valence-corrected chi connectivity index (χ1v) is 5.96. The van der Waals surface area contributed by atoms with Crippen LogP contribution in [0.15, 0.2) is 18.7 Å². The molecule has 0 aromatic carbocycles. The van der Waals surface area contributed by atoms with Gasteiger partial charge in [0.15, 0.2) is 0 Å². The van der Waals surface area contributed by atoms with Gasteiger partial charge in [0.1, 0.15) is 5.78 Å². The number of carbonyl (C=O) groups excluding carboxylic acids is 1. The molecule has 1 aliphatic heterocycles. The van der Waals surface area contributed by atoms with E-state index in [2.05, 4.69) is 14.5 Å². The van der Waals surface area contributed by atoms with Gasteiger partial charge in [0.2, 0.25) is 0 Å². The molecule has 0 spiro atoms. The fourth-order valence-electron chi connectivity index (χ4n) is 2.19. The second-order valence-corrected chi connectivity index (χ2v) is 4.57. The number of carbonyl (C=O) groups is 1. The van der Waals surface area contributed by atoms with Crippen molar-refractivity contribution in [1.29, 1.82) is 0 Å². The highest BCUT2D eigenvalue weighted by Gasteiger charge is 2.22. The number of aromatic nitrogens is 2. The molecule has 0 bridgehead atoms. The van der Waals surface area contributed by atoms with E-state index in [-0.39, 0.29) is 5.92 Å². The Labute approximate surface area is 96.3 Å². The molecule has 0 N–H and O–H groups in total. The SMILES string of the molecule is CC1CN(CCCn2ccnc2)CCC1=O. The van der Waals surface area contributed by atoms with Gasteiger partial charge >= 0.3 is 0 Å². The highest BCUT2D eigenvalue weighted by Crippen LogP contribution is 2.12. The maximum Gasteiger partial charge on any atom is 0.138 e. The molecule has 1 atom stereocenters.